The lowest BCUT2D eigenvalue weighted by Gasteiger charge is -2.27. The van der Waals surface area contributed by atoms with Gasteiger partial charge in [-0.15, -0.1) is 5.10 Å². The molecule has 0 bridgehead atoms. The lowest BCUT2D eigenvalue weighted by molar-refractivity contribution is -0.148. The fraction of sp³-hybridized carbons (Fsp3) is 0.433. The number of amides is 2. The number of benzene rings is 1. The number of esters is 1. The molecule has 210 valence electrons. The van der Waals surface area contributed by atoms with E-state index >= 15 is 0 Å². The van der Waals surface area contributed by atoms with Crippen LogP contribution in [0.15, 0.2) is 36.4 Å². The molecule has 0 radical (unpaired) electrons. The zero-order chi connectivity index (χ0) is 28.6. The van der Waals surface area contributed by atoms with Gasteiger partial charge in [0.2, 0.25) is 11.8 Å². The Labute approximate surface area is 234 Å². The molecule has 0 saturated carbocycles. The van der Waals surface area contributed by atoms with Gasteiger partial charge in [0, 0.05) is 42.7 Å². The number of hydrogen-bond donors (Lipinski definition) is 1. The van der Waals surface area contributed by atoms with E-state index in [0.717, 1.165) is 5.56 Å². The molecule has 0 saturated heterocycles. The van der Waals surface area contributed by atoms with Crippen LogP contribution in [-0.4, -0.2) is 58.1 Å². The minimum Gasteiger partial charge on any atom is -0.462 e. The molecule has 40 heavy (non-hydrogen) atoms. The first-order valence-electron chi connectivity index (χ1n) is 13.6. The molecule has 1 aliphatic rings. The first-order chi connectivity index (χ1) is 19.3. The Bertz CT molecular complexity index is 1350. The number of carbonyl (C=O) groups excluding carboxylic acids is 3. The summed E-state index contributed by atoms with van der Waals surface area (Å²) in [6.07, 6.45) is 0.606. The van der Waals surface area contributed by atoms with Crippen LogP contribution in [0, 0.1) is 12.1 Å². The van der Waals surface area contributed by atoms with Gasteiger partial charge >= 0.3 is 5.97 Å². The van der Waals surface area contributed by atoms with Gasteiger partial charge < -0.3 is 19.7 Å². The number of carbonyl (C=O) groups is 3. The lowest BCUT2D eigenvalue weighted by atomic mass is 9.96. The van der Waals surface area contributed by atoms with Crippen molar-refractivity contribution in [1.29, 1.82) is 0 Å². The zero-order valence-electron chi connectivity index (χ0n) is 23.4. The third-order valence-electron chi connectivity index (χ3n) is 6.48. The average Bonchev–Trinajstić information content (AvgIpc) is 3.31. The van der Waals surface area contributed by atoms with Crippen LogP contribution >= 0.6 is 0 Å². The van der Waals surface area contributed by atoms with Crippen LogP contribution in [0.1, 0.15) is 52.5 Å². The topological polar surface area (TPSA) is 116 Å². The van der Waals surface area contributed by atoms with Crippen molar-refractivity contribution >= 4 is 23.5 Å². The fourth-order valence-corrected chi connectivity index (χ4v) is 4.66. The molecule has 4 rings (SSSR count). The van der Waals surface area contributed by atoms with Gasteiger partial charge in [-0.05, 0) is 52.3 Å². The fourth-order valence-electron chi connectivity index (χ4n) is 4.66. The molecule has 1 unspecified atom stereocenters. The quantitative estimate of drug-likeness (QED) is 0.365. The van der Waals surface area contributed by atoms with E-state index < -0.39 is 5.97 Å². The van der Waals surface area contributed by atoms with Gasteiger partial charge in [-0.3, -0.25) is 14.4 Å². The molecule has 1 aromatic heterocycles. The second kappa shape index (κ2) is 13.2. The summed E-state index contributed by atoms with van der Waals surface area (Å²) < 4.78 is 12.4. The summed E-state index contributed by atoms with van der Waals surface area (Å²) in [6.45, 7) is 8.69. The van der Waals surface area contributed by atoms with E-state index in [1.165, 1.54) is 4.68 Å². The third kappa shape index (κ3) is 6.85. The standard InChI is InChI=1S/C30H35N5O5/c1-5-39-21(4)16-17-31-26(36)14-15-27(37)34-18-22-10-6-7-11-23(22)30-29(24-12-8-9-13-25(24)34)32-33-35(30)19-28(38)40-20(2)3/h7-9,11-13,20-21H,5,14-19H2,1-4H3,(H,31,36). The number of anilines is 1. The number of ether oxygens (including phenoxy) is 2. The summed E-state index contributed by atoms with van der Waals surface area (Å²) in [5.74, 6) is -0.811. The highest BCUT2D eigenvalue weighted by molar-refractivity contribution is 6.01. The predicted molar refractivity (Wildman–Crippen MR) is 149 cm³/mol. The molecule has 1 N–H and O–H groups in total. The third-order valence-corrected chi connectivity index (χ3v) is 6.48. The van der Waals surface area contributed by atoms with Gasteiger partial charge in [0.05, 0.1) is 30.1 Å². The van der Waals surface area contributed by atoms with Crippen LogP contribution in [0.5, 0.6) is 0 Å². The van der Waals surface area contributed by atoms with Crippen LogP contribution in [-0.2, 0) is 36.9 Å². The Morgan fingerprint density at radius 3 is 2.67 bits per heavy atom. The van der Waals surface area contributed by atoms with E-state index in [0.29, 0.717) is 47.8 Å². The molecule has 2 heterocycles. The van der Waals surface area contributed by atoms with Crippen LogP contribution < -0.4 is 10.2 Å². The largest absolute Gasteiger partial charge is 0.462 e. The normalized spacial score (nSPS) is 12.8. The first kappa shape index (κ1) is 28.8. The maximum absolute atomic E-state index is 13.6. The summed E-state index contributed by atoms with van der Waals surface area (Å²) >= 11 is 0. The van der Waals surface area contributed by atoms with Crippen LogP contribution in [0.4, 0.5) is 5.69 Å². The molecule has 1 aliphatic heterocycles. The van der Waals surface area contributed by atoms with Crippen molar-refractivity contribution in [1.82, 2.24) is 20.3 Å². The second-order valence-corrected chi connectivity index (χ2v) is 9.88. The summed E-state index contributed by atoms with van der Waals surface area (Å²) in [7, 11) is 0. The highest BCUT2D eigenvalue weighted by Crippen LogP contribution is 2.40. The van der Waals surface area contributed by atoms with Gasteiger partial charge in [0.15, 0.2) is 0 Å². The molecule has 10 nitrogen and oxygen atoms in total. The van der Waals surface area contributed by atoms with Crippen LogP contribution in [0.25, 0.3) is 22.5 Å². The number of nitrogens with zero attached hydrogens (tertiary/aromatic N) is 4. The van der Waals surface area contributed by atoms with Crippen molar-refractivity contribution in [2.45, 2.75) is 72.3 Å². The van der Waals surface area contributed by atoms with E-state index in [9.17, 15) is 14.4 Å². The summed E-state index contributed by atoms with van der Waals surface area (Å²) in [4.78, 5) is 40.2. The smallest absolute Gasteiger partial charge is 0.328 e. The van der Waals surface area contributed by atoms with Gasteiger partial charge in [0.1, 0.15) is 12.2 Å². The lowest BCUT2D eigenvalue weighted by Crippen LogP contribution is -2.33. The molecule has 2 amide bonds. The first-order valence-corrected chi connectivity index (χ1v) is 13.6. The Morgan fingerprint density at radius 2 is 1.90 bits per heavy atom. The van der Waals surface area contributed by atoms with E-state index in [-0.39, 0.29) is 50.0 Å². The van der Waals surface area contributed by atoms with Crippen molar-refractivity contribution < 1.29 is 23.9 Å². The summed E-state index contributed by atoms with van der Waals surface area (Å²) in [5, 5.41) is 11.6. The number of rotatable bonds is 11. The van der Waals surface area contributed by atoms with Crippen molar-refractivity contribution in [2.24, 2.45) is 0 Å². The zero-order valence-corrected chi connectivity index (χ0v) is 23.4. The minimum atomic E-state index is -0.423. The number of hydrogen-bond acceptors (Lipinski definition) is 7. The van der Waals surface area contributed by atoms with E-state index in [2.05, 4.69) is 27.8 Å². The van der Waals surface area contributed by atoms with E-state index in [1.54, 1.807) is 24.8 Å². The molecule has 10 heteroatoms. The van der Waals surface area contributed by atoms with Crippen LogP contribution in [0.2, 0.25) is 0 Å². The van der Waals surface area contributed by atoms with Crippen molar-refractivity contribution in [3.05, 3.63) is 54.1 Å². The van der Waals surface area contributed by atoms with Crippen molar-refractivity contribution in [3.8, 4) is 22.5 Å². The molecule has 3 aromatic rings. The maximum Gasteiger partial charge on any atom is 0.328 e. The van der Waals surface area contributed by atoms with Gasteiger partial charge in [-0.1, -0.05) is 35.5 Å². The molecular formula is C30H35N5O5. The summed E-state index contributed by atoms with van der Waals surface area (Å²) in [5.41, 5.74) is 3.95. The highest BCUT2D eigenvalue weighted by atomic mass is 16.5. The molecule has 0 spiro atoms. The molecule has 0 fully saturated rings. The highest BCUT2D eigenvalue weighted by Gasteiger charge is 2.30. The van der Waals surface area contributed by atoms with Gasteiger partial charge in [0.25, 0.3) is 0 Å². The molecular weight excluding hydrogens is 510 g/mol. The SMILES string of the molecule is CCOC(C)CCNC(=O)CCC(=O)N1Cc2c#cccc2-c2c(nnn2CC(=O)OC(C)C)-c2ccccc21. The van der Waals surface area contributed by atoms with Gasteiger partial charge in [-0.2, -0.15) is 0 Å². The Kier molecular flexibility index (Phi) is 9.51. The van der Waals surface area contributed by atoms with Crippen molar-refractivity contribution in [2.75, 3.05) is 18.1 Å². The maximum atomic E-state index is 13.6. The van der Waals surface area contributed by atoms with E-state index in [4.69, 9.17) is 9.47 Å². The Hall–Kier alpha value is -4.23. The number of aromatic nitrogens is 3. The van der Waals surface area contributed by atoms with Crippen LogP contribution in [0.3, 0.4) is 0 Å². The number of nitrogens with one attached hydrogen (secondary N) is 1. The second-order valence-electron chi connectivity index (χ2n) is 9.88. The van der Waals surface area contributed by atoms with E-state index in [1.807, 2.05) is 44.2 Å². The number of para-hydroxylation sites is 1. The van der Waals surface area contributed by atoms with Gasteiger partial charge in [-0.25, -0.2) is 4.68 Å². The molecule has 2 aromatic carbocycles. The minimum absolute atomic E-state index is 0.0354. The van der Waals surface area contributed by atoms with Crippen molar-refractivity contribution in [3.63, 3.8) is 0 Å². The Morgan fingerprint density at radius 1 is 1.10 bits per heavy atom. The summed E-state index contributed by atoms with van der Waals surface area (Å²) in [6, 6.07) is 17.1. The average molecular weight is 546 g/mol. The predicted octanol–water partition coefficient (Wildman–Crippen LogP) is 3.72. The number of fused-ring (bicyclic) bond motifs is 5. The monoisotopic (exact) mass is 545 g/mol. The Balaban J connectivity index is 1.60. The molecule has 1 atom stereocenters. The molecule has 0 aliphatic carbocycles.